The Morgan fingerprint density at radius 2 is 1.61 bits per heavy atom. The fourth-order valence-electron chi connectivity index (χ4n) is 1.78. The Hall–Kier alpha value is -0.700. The average Bonchev–Trinajstić information content (AvgIpc) is 2.42. The smallest absolute Gasteiger partial charge is 0.122 e. The molecule has 1 rings (SSSR count). The molecule has 0 aromatic heterocycles. The lowest BCUT2D eigenvalue weighted by atomic mass is 10.1. The molecule has 0 radical (unpaired) electrons. The molecule has 0 saturated heterocycles. The lowest BCUT2D eigenvalue weighted by Crippen LogP contribution is -1.97. The third-order valence-electron chi connectivity index (χ3n) is 2.84. The highest BCUT2D eigenvalue weighted by molar-refractivity contribution is 9.09. The summed E-state index contributed by atoms with van der Waals surface area (Å²) in [4.78, 5) is 0. The van der Waals surface area contributed by atoms with E-state index in [4.69, 9.17) is 9.47 Å². The monoisotopic (exact) mass is 314 g/mol. The summed E-state index contributed by atoms with van der Waals surface area (Å²) >= 11 is 3.45. The molecule has 0 aliphatic heterocycles. The Morgan fingerprint density at radius 3 is 2.33 bits per heavy atom. The normalized spacial score (nSPS) is 10.3. The molecule has 0 atom stereocenters. The molecule has 3 heteroatoms. The summed E-state index contributed by atoms with van der Waals surface area (Å²) < 4.78 is 10.8. The van der Waals surface area contributed by atoms with Gasteiger partial charge < -0.3 is 9.47 Å². The van der Waals surface area contributed by atoms with Gasteiger partial charge in [0.2, 0.25) is 0 Å². The summed E-state index contributed by atoms with van der Waals surface area (Å²) in [6.45, 7) is 0.797. The first kappa shape index (κ1) is 15.4. The van der Waals surface area contributed by atoms with Gasteiger partial charge in [0.15, 0.2) is 0 Å². The lowest BCUT2D eigenvalue weighted by Gasteiger charge is -2.07. The van der Waals surface area contributed by atoms with Gasteiger partial charge >= 0.3 is 0 Å². The number of unbranched alkanes of at least 4 members (excludes halogenated alkanes) is 5. The fraction of sp³-hybridized carbons (Fsp3) is 0.600. The van der Waals surface area contributed by atoms with E-state index in [9.17, 15) is 0 Å². The molecule has 0 aliphatic carbocycles. The van der Waals surface area contributed by atoms with Crippen LogP contribution in [0.1, 0.15) is 38.5 Å². The Bertz CT molecular complexity index is 315. The van der Waals surface area contributed by atoms with E-state index in [2.05, 4.69) is 15.9 Å². The van der Waals surface area contributed by atoms with Crippen LogP contribution in [0.3, 0.4) is 0 Å². The predicted octanol–water partition coefficient (Wildman–Crippen LogP) is 4.81. The van der Waals surface area contributed by atoms with Gasteiger partial charge in [0.05, 0.1) is 13.7 Å². The highest BCUT2D eigenvalue weighted by atomic mass is 79.9. The van der Waals surface area contributed by atoms with Crippen LogP contribution in [-0.4, -0.2) is 19.0 Å². The van der Waals surface area contributed by atoms with Crippen molar-refractivity contribution in [2.24, 2.45) is 0 Å². The third-order valence-corrected chi connectivity index (χ3v) is 3.40. The Balaban J connectivity index is 2.03. The number of methoxy groups -OCH3 is 1. The second-order valence-corrected chi connectivity index (χ2v) is 5.13. The summed E-state index contributed by atoms with van der Waals surface area (Å²) in [6, 6.07) is 7.78. The molecule has 102 valence electrons. The van der Waals surface area contributed by atoms with Gasteiger partial charge in [-0.2, -0.15) is 0 Å². The third kappa shape index (κ3) is 6.90. The zero-order valence-electron chi connectivity index (χ0n) is 11.2. The van der Waals surface area contributed by atoms with Gasteiger partial charge in [-0.1, -0.05) is 47.7 Å². The molecule has 0 spiro atoms. The van der Waals surface area contributed by atoms with Crippen LogP contribution in [0.15, 0.2) is 24.3 Å². The van der Waals surface area contributed by atoms with E-state index in [0.717, 1.165) is 29.9 Å². The number of benzene rings is 1. The Morgan fingerprint density at radius 1 is 0.944 bits per heavy atom. The van der Waals surface area contributed by atoms with Crippen LogP contribution in [-0.2, 0) is 0 Å². The maximum absolute atomic E-state index is 5.69. The number of hydrogen-bond donors (Lipinski definition) is 0. The molecule has 18 heavy (non-hydrogen) atoms. The minimum absolute atomic E-state index is 0.797. The summed E-state index contributed by atoms with van der Waals surface area (Å²) in [6.07, 6.45) is 7.67. The van der Waals surface area contributed by atoms with Crippen LogP contribution in [0.2, 0.25) is 0 Å². The summed E-state index contributed by atoms with van der Waals surface area (Å²) in [5.41, 5.74) is 0. The molecule has 0 bridgehead atoms. The summed E-state index contributed by atoms with van der Waals surface area (Å²) in [7, 11) is 1.67. The Kier molecular flexibility index (Phi) is 8.74. The van der Waals surface area contributed by atoms with E-state index in [1.807, 2.05) is 24.3 Å². The van der Waals surface area contributed by atoms with Gasteiger partial charge in [0.1, 0.15) is 11.5 Å². The highest BCUT2D eigenvalue weighted by Gasteiger charge is 1.96. The van der Waals surface area contributed by atoms with Gasteiger partial charge in [0, 0.05) is 11.4 Å². The standard InChI is InChI=1S/C15H23BrO2/c1-17-14-9-8-10-15(13-14)18-12-7-5-3-2-4-6-11-16/h8-10,13H,2-7,11-12H2,1H3. The molecule has 0 heterocycles. The van der Waals surface area contributed by atoms with Crippen molar-refractivity contribution in [3.05, 3.63) is 24.3 Å². The number of hydrogen-bond acceptors (Lipinski definition) is 2. The van der Waals surface area contributed by atoms with Crippen LogP contribution in [0.5, 0.6) is 11.5 Å². The summed E-state index contributed by atoms with van der Waals surface area (Å²) in [5, 5.41) is 1.13. The number of ether oxygens (including phenoxy) is 2. The van der Waals surface area contributed by atoms with E-state index in [1.54, 1.807) is 7.11 Å². The SMILES string of the molecule is COc1cccc(OCCCCCCCCBr)c1. The van der Waals surface area contributed by atoms with Crippen molar-refractivity contribution in [2.75, 3.05) is 19.0 Å². The molecule has 0 amide bonds. The molecular formula is C15H23BrO2. The topological polar surface area (TPSA) is 18.5 Å². The zero-order valence-corrected chi connectivity index (χ0v) is 12.7. The van der Waals surface area contributed by atoms with Crippen molar-refractivity contribution in [3.8, 4) is 11.5 Å². The van der Waals surface area contributed by atoms with Crippen LogP contribution >= 0.6 is 15.9 Å². The molecule has 0 unspecified atom stereocenters. The molecule has 2 nitrogen and oxygen atoms in total. The molecule has 0 N–H and O–H groups in total. The van der Waals surface area contributed by atoms with E-state index >= 15 is 0 Å². The van der Waals surface area contributed by atoms with Gasteiger partial charge in [-0.25, -0.2) is 0 Å². The van der Waals surface area contributed by atoms with Crippen molar-refractivity contribution in [2.45, 2.75) is 38.5 Å². The van der Waals surface area contributed by atoms with Gasteiger partial charge in [0.25, 0.3) is 0 Å². The molecule has 0 saturated carbocycles. The first-order valence-corrected chi connectivity index (χ1v) is 7.82. The van der Waals surface area contributed by atoms with Crippen molar-refractivity contribution in [3.63, 3.8) is 0 Å². The van der Waals surface area contributed by atoms with Crippen LogP contribution < -0.4 is 9.47 Å². The summed E-state index contributed by atoms with van der Waals surface area (Å²) in [5.74, 6) is 1.75. The van der Waals surface area contributed by atoms with Gasteiger partial charge in [-0.15, -0.1) is 0 Å². The molecule has 0 aliphatic rings. The van der Waals surface area contributed by atoms with E-state index in [1.165, 1.54) is 32.1 Å². The minimum atomic E-state index is 0.797. The van der Waals surface area contributed by atoms with Crippen molar-refractivity contribution >= 4 is 15.9 Å². The maximum Gasteiger partial charge on any atom is 0.122 e. The zero-order chi connectivity index (χ0) is 13.1. The average molecular weight is 315 g/mol. The molecule has 1 aromatic rings. The van der Waals surface area contributed by atoms with Gasteiger partial charge in [-0.3, -0.25) is 0 Å². The van der Waals surface area contributed by atoms with Crippen molar-refractivity contribution in [1.82, 2.24) is 0 Å². The molecule has 1 aromatic carbocycles. The van der Waals surface area contributed by atoms with Crippen molar-refractivity contribution in [1.29, 1.82) is 0 Å². The fourth-order valence-corrected chi connectivity index (χ4v) is 2.18. The van der Waals surface area contributed by atoms with Gasteiger partial charge in [-0.05, 0) is 25.0 Å². The van der Waals surface area contributed by atoms with Crippen molar-refractivity contribution < 1.29 is 9.47 Å². The van der Waals surface area contributed by atoms with E-state index < -0.39 is 0 Å². The maximum atomic E-state index is 5.69. The lowest BCUT2D eigenvalue weighted by molar-refractivity contribution is 0.302. The first-order valence-electron chi connectivity index (χ1n) is 6.69. The predicted molar refractivity (Wildman–Crippen MR) is 80.0 cm³/mol. The Labute approximate surface area is 119 Å². The van der Waals surface area contributed by atoms with Crippen LogP contribution in [0.25, 0.3) is 0 Å². The first-order chi connectivity index (χ1) is 8.86. The largest absolute Gasteiger partial charge is 0.497 e. The minimum Gasteiger partial charge on any atom is -0.497 e. The second-order valence-electron chi connectivity index (χ2n) is 4.34. The number of rotatable bonds is 10. The molecular weight excluding hydrogens is 292 g/mol. The van der Waals surface area contributed by atoms with E-state index in [-0.39, 0.29) is 0 Å². The molecule has 0 fully saturated rings. The van der Waals surface area contributed by atoms with Crippen LogP contribution in [0.4, 0.5) is 0 Å². The number of alkyl halides is 1. The quantitative estimate of drug-likeness (QED) is 0.456. The highest BCUT2D eigenvalue weighted by Crippen LogP contribution is 2.19. The van der Waals surface area contributed by atoms with E-state index in [0.29, 0.717) is 0 Å². The van der Waals surface area contributed by atoms with Crippen LogP contribution in [0, 0.1) is 0 Å². The second kappa shape index (κ2) is 10.2. The number of halogens is 1.